The molecule has 0 aromatic carbocycles. The first-order valence-electron chi connectivity index (χ1n) is 6.44. The van der Waals surface area contributed by atoms with Crippen LogP contribution in [0.15, 0.2) is 0 Å². The zero-order valence-electron chi connectivity index (χ0n) is 12.0. The van der Waals surface area contributed by atoms with Crippen molar-refractivity contribution in [2.75, 3.05) is 40.2 Å². The molecule has 0 spiro atoms. The predicted octanol–water partition coefficient (Wildman–Crippen LogP) is 0.819. The summed E-state index contributed by atoms with van der Waals surface area (Å²) < 4.78 is 27.3. The van der Waals surface area contributed by atoms with Crippen LogP contribution in [-0.2, 0) is 47.5 Å². The first-order chi connectivity index (χ1) is 9.45. The van der Waals surface area contributed by atoms with E-state index >= 15 is 0 Å². The first kappa shape index (κ1) is 18.9. The zero-order chi connectivity index (χ0) is 15.2. The Labute approximate surface area is 132 Å². The average Bonchev–Trinajstić information content (AvgIpc) is 2.67. The molecule has 2 radical (unpaired) electrons. The minimum atomic E-state index is -2.27. The number of methoxy groups -OCH3 is 2. The molecular weight excluding hydrogens is 318 g/mol. The number of hydrogen-bond donors (Lipinski definition) is 0. The molecule has 0 bridgehead atoms. The molecule has 1 saturated heterocycles. The van der Waals surface area contributed by atoms with Crippen LogP contribution in [0.3, 0.4) is 0 Å². The molecule has 0 aromatic rings. The molecule has 116 valence electrons. The lowest BCUT2D eigenvalue weighted by Crippen LogP contribution is -2.39. The van der Waals surface area contributed by atoms with Crippen LogP contribution in [0.2, 0.25) is 0 Å². The van der Waals surface area contributed by atoms with Crippen LogP contribution < -0.4 is 0 Å². The Kier molecular flexibility index (Phi) is 8.61. The smallest absolute Gasteiger partial charge is 0.116 e. The molecule has 1 fully saturated rings. The van der Waals surface area contributed by atoms with Gasteiger partial charge in [0.05, 0.1) is 19.8 Å². The van der Waals surface area contributed by atoms with Gasteiger partial charge in [0.1, 0.15) is 26.2 Å². The van der Waals surface area contributed by atoms with Crippen molar-refractivity contribution < 1.29 is 23.5 Å². The van der Waals surface area contributed by atoms with Crippen molar-refractivity contribution in [3.05, 3.63) is 0 Å². The highest BCUT2D eigenvalue weighted by atomic mass is 32.9. The van der Waals surface area contributed by atoms with E-state index < -0.39 is 23.7 Å². The summed E-state index contributed by atoms with van der Waals surface area (Å²) in [6, 6.07) is -0.584. The summed E-state index contributed by atoms with van der Waals surface area (Å²) >= 11 is 10.7. The fourth-order valence-corrected chi connectivity index (χ4v) is 3.27. The van der Waals surface area contributed by atoms with Gasteiger partial charge < -0.3 is 35.7 Å². The van der Waals surface area contributed by atoms with Crippen molar-refractivity contribution in [1.29, 1.82) is 0 Å². The molecule has 1 rings (SSSR count). The Hall–Kier alpha value is 0.865. The Morgan fingerprint density at radius 1 is 1.25 bits per heavy atom. The molecule has 9 heteroatoms. The summed E-state index contributed by atoms with van der Waals surface area (Å²) in [5.74, 6) is 0. The lowest BCUT2D eigenvalue weighted by Gasteiger charge is -2.35. The van der Waals surface area contributed by atoms with Gasteiger partial charge in [-0.25, -0.2) is 0 Å². The van der Waals surface area contributed by atoms with Crippen LogP contribution in [0.1, 0.15) is 6.92 Å². The predicted molar refractivity (Wildman–Crippen MR) is 85.0 cm³/mol. The molecule has 0 aliphatic carbocycles. The summed E-state index contributed by atoms with van der Waals surface area (Å²) in [5.41, 5.74) is -2.27. The molecule has 5 nitrogen and oxygen atoms in total. The van der Waals surface area contributed by atoms with Gasteiger partial charge in [-0.15, -0.1) is 0 Å². The van der Waals surface area contributed by atoms with Crippen molar-refractivity contribution in [2.24, 2.45) is 0 Å². The zero-order valence-corrected chi connectivity index (χ0v) is 14.5. The fraction of sp³-hybridized carbons (Fsp3) is 1.00. The summed E-state index contributed by atoms with van der Waals surface area (Å²) in [4.78, 5) is 0. The Morgan fingerprint density at radius 2 is 1.95 bits per heavy atom. The van der Waals surface area contributed by atoms with Crippen molar-refractivity contribution in [3.8, 4) is 0 Å². The second-order valence-electron chi connectivity index (χ2n) is 4.42. The number of rotatable bonds is 9. The third-order valence-electron chi connectivity index (χ3n) is 2.94. The highest BCUT2D eigenvalue weighted by Crippen LogP contribution is 2.48. The molecule has 1 heterocycles. The molecule has 0 saturated carbocycles. The normalized spacial score (nSPS) is 33.2. The van der Waals surface area contributed by atoms with E-state index in [2.05, 4.69) is 0 Å². The maximum atomic E-state index is 5.95. The SMILES string of the molecule is [B][C@@H]1O[C@H](COC)C(OP(=S)([S-])CC)[C@@H]1OCCOC. The third kappa shape index (κ3) is 5.57. The van der Waals surface area contributed by atoms with E-state index in [1.807, 2.05) is 6.92 Å². The second kappa shape index (κ2) is 9.11. The molecule has 20 heavy (non-hydrogen) atoms. The van der Waals surface area contributed by atoms with Crippen LogP contribution in [0.5, 0.6) is 0 Å². The number of ether oxygens (including phenoxy) is 4. The molecule has 1 aliphatic rings. The minimum Gasteiger partial charge on any atom is -0.719 e. The number of hydrogen-bond acceptors (Lipinski definition) is 7. The van der Waals surface area contributed by atoms with Gasteiger partial charge in [0.25, 0.3) is 0 Å². The molecule has 2 unspecified atom stereocenters. The summed E-state index contributed by atoms with van der Waals surface area (Å²) in [7, 11) is 9.15. The van der Waals surface area contributed by atoms with Gasteiger partial charge in [-0.2, -0.15) is 0 Å². The van der Waals surface area contributed by atoms with Gasteiger partial charge in [-0.05, 0) is 6.16 Å². The Balaban J connectivity index is 2.74. The van der Waals surface area contributed by atoms with E-state index in [-0.39, 0.29) is 6.10 Å². The van der Waals surface area contributed by atoms with Crippen molar-refractivity contribution in [3.63, 3.8) is 0 Å². The van der Waals surface area contributed by atoms with Crippen molar-refractivity contribution >= 4 is 37.4 Å². The van der Waals surface area contributed by atoms with Crippen molar-refractivity contribution in [2.45, 2.75) is 31.2 Å². The standard InChI is InChI=1S/C11H22BO5PS2/c1-4-18(19,20)17-9-8(7-14-3)16-11(12)10(9)15-6-5-13-2/h8-11H,4-7H2,1-3H3,(H,19,20)/p-1/t8-,9?,10+,11-/m1/s1. The molecular formula is C11H21BO5PS2-. The largest absolute Gasteiger partial charge is 0.719 e. The Bertz CT molecular complexity index is 336. The summed E-state index contributed by atoms with van der Waals surface area (Å²) in [6.07, 6.45) is -0.500. The van der Waals surface area contributed by atoms with Crippen LogP contribution in [0.4, 0.5) is 0 Å². The third-order valence-corrected chi connectivity index (χ3v) is 6.35. The van der Waals surface area contributed by atoms with E-state index in [4.69, 9.17) is 55.4 Å². The van der Waals surface area contributed by atoms with E-state index in [9.17, 15) is 0 Å². The molecule has 1 aliphatic heterocycles. The van der Waals surface area contributed by atoms with Gasteiger partial charge in [0, 0.05) is 20.2 Å². The minimum absolute atomic E-state index is 0.320. The van der Waals surface area contributed by atoms with E-state index in [0.717, 1.165) is 0 Å². The lowest BCUT2D eigenvalue weighted by atomic mass is 9.93. The van der Waals surface area contributed by atoms with Gasteiger partial charge in [-0.1, -0.05) is 24.2 Å². The van der Waals surface area contributed by atoms with Gasteiger partial charge in [0.15, 0.2) is 0 Å². The van der Waals surface area contributed by atoms with E-state index in [0.29, 0.717) is 26.0 Å². The average molecular weight is 339 g/mol. The second-order valence-corrected chi connectivity index (χ2v) is 10.7. The molecule has 0 aromatic heterocycles. The maximum Gasteiger partial charge on any atom is 0.116 e. The van der Waals surface area contributed by atoms with Crippen LogP contribution in [0.25, 0.3) is 0 Å². The fourth-order valence-electron chi connectivity index (χ4n) is 1.90. The van der Waals surface area contributed by atoms with Gasteiger partial charge >= 0.3 is 0 Å². The van der Waals surface area contributed by atoms with Gasteiger partial charge in [0.2, 0.25) is 0 Å². The van der Waals surface area contributed by atoms with E-state index in [1.54, 1.807) is 14.2 Å². The lowest BCUT2D eigenvalue weighted by molar-refractivity contribution is -0.0295. The quantitative estimate of drug-likeness (QED) is 0.267. The van der Waals surface area contributed by atoms with E-state index in [1.165, 1.54) is 0 Å². The monoisotopic (exact) mass is 339 g/mol. The van der Waals surface area contributed by atoms with Crippen molar-refractivity contribution in [1.82, 2.24) is 0 Å². The van der Waals surface area contributed by atoms with Crippen LogP contribution in [0, 0.1) is 0 Å². The highest BCUT2D eigenvalue weighted by Gasteiger charge is 2.44. The summed E-state index contributed by atoms with van der Waals surface area (Å²) in [5, 5.41) is 0. The molecule has 0 amide bonds. The topological polar surface area (TPSA) is 46.2 Å². The molecule has 5 atom stereocenters. The highest BCUT2D eigenvalue weighted by molar-refractivity contribution is 8.53. The Morgan fingerprint density at radius 3 is 2.50 bits per heavy atom. The van der Waals surface area contributed by atoms with Gasteiger partial charge in [-0.3, -0.25) is 0 Å². The summed E-state index contributed by atoms with van der Waals surface area (Å²) in [6.45, 7) is 3.16. The van der Waals surface area contributed by atoms with Crippen LogP contribution >= 0.6 is 5.47 Å². The molecule has 0 N–H and O–H groups in total. The first-order valence-corrected chi connectivity index (χ1v) is 10.4. The van der Waals surface area contributed by atoms with Crippen LogP contribution in [-0.4, -0.2) is 72.4 Å². The maximum absolute atomic E-state index is 5.95.